The molecule has 1 aromatic heterocycles. The van der Waals surface area contributed by atoms with Crippen LogP contribution >= 0.6 is 0 Å². The molecule has 0 bridgehead atoms. The van der Waals surface area contributed by atoms with Gasteiger partial charge in [0.15, 0.2) is 11.6 Å². The van der Waals surface area contributed by atoms with E-state index in [1.54, 1.807) is 0 Å². The van der Waals surface area contributed by atoms with Gasteiger partial charge in [0.25, 0.3) is 0 Å². The molecule has 0 radical (unpaired) electrons. The minimum Gasteiger partial charge on any atom is -0.393 e. The zero-order valence-electron chi connectivity index (χ0n) is 11.5. The highest BCUT2D eigenvalue weighted by molar-refractivity contribution is 5.77. The third-order valence-electron chi connectivity index (χ3n) is 2.71. The van der Waals surface area contributed by atoms with Gasteiger partial charge >= 0.3 is 0 Å². The first-order valence-corrected chi connectivity index (χ1v) is 6.29. The molecule has 0 spiro atoms. The van der Waals surface area contributed by atoms with Crippen LogP contribution in [-0.4, -0.2) is 16.5 Å². The lowest BCUT2D eigenvalue weighted by atomic mass is 10.1. The Labute approximate surface area is 113 Å². The van der Waals surface area contributed by atoms with Gasteiger partial charge < -0.3 is 16.4 Å². The summed E-state index contributed by atoms with van der Waals surface area (Å²) >= 11 is 0. The molecule has 4 N–H and O–H groups in total. The first-order chi connectivity index (χ1) is 9.10. The van der Waals surface area contributed by atoms with Crippen LogP contribution in [0.1, 0.15) is 18.1 Å². The van der Waals surface area contributed by atoms with Crippen LogP contribution in [0.2, 0.25) is 0 Å². The molecule has 2 aromatic rings. The number of nitrogens with one attached hydrogen (secondary N) is 2. The van der Waals surface area contributed by atoms with E-state index < -0.39 is 0 Å². The molecule has 2 rings (SSSR count). The van der Waals surface area contributed by atoms with Crippen molar-refractivity contribution in [2.24, 2.45) is 0 Å². The lowest BCUT2D eigenvalue weighted by Gasteiger charge is -2.12. The lowest BCUT2D eigenvalue weighted by molar-refractivity contribution is 1.12. The van der Waals surface area contributed by atoms with Crippen LogP contribution in [0.5, 0.6) is 0 Å². The summed E-state index contributed by atoms with van der Waals surface area (Å²) < 4.78 is 0. The highest BCUT2D eigenvalue weighted by atomic mass is 15.1. The Morgan fingerprint density at radius 3 is 2.32 bits per heavy atom. The summed E-state index contributed by atoms with van der Waals surface area (Å²) in [6, 6.07) is 6.24. The Morgan fingerprint density at radius 1 is 1.05 bits per heavy atom. The van der Waals surface area contributed by atoms with Crippen molar-refractivity contribution in [3.8, 4) is 0 Å². The first-order valence-electron chi connectivity index (χ1n) is 6.29. The molecule has 1 heterocycles. The van der Waals surface area contributed by atoms with E-state index >= 15 is 0 Å². The predicted octanol–water partition coefficient (Wildman–Crippen LogP) is 2.85. The fraction of sp³-hybridized carbons (Fsp3) is 0.286. The number of anilines is 4. The monoisotopic (exact) mass is 257 g/mol. The normalized spacial score (nSPS) is 10.3. The Bertz CT molecular complexity index is 560. The van der Waals surface area contributed by atoms with E-state index in [9.17, 15) is 0 Å². The van der Waals surface area contributed by atoms with Crippen LogP contribution in [0.15, 0.2) is 24.5 Å². The van der Waals surface area contributed by atoms with Gasteiger partial charge in [0, 0.05) is 12.2 Å². The van der Waals surface area contributed by atoms with E-state index in [4.69, 9.17) is 5.73 Å². The molecule has 100 valence electrons. The highest BCUT2D eigenvalue weighted by Crippen LogP contribution is 2.26. The Hall–Kier alpha value is -2.30. The van der Waals surface area contributed by atoms with E-state index in [-0.39, 0.29) is 0 Å². The first kappa shape index (κ1) is 13.1. The number of nitrogens with zero attached hydrogens (tertiary/aromatic N) is 2. The summed E-state index contributed by atoms with van der Waals surface area (Å²) in [5, 5.41) is 6.35. The van der Waals surface area contributed by atoms with Gasteiger partial charge in [-0.2, -0.15) is 0 Å². The zero-order valence-corrected chi connectivity index (χ0v) is 11.5. The average Bonchev–Trinajstić information content (AvgIpc) is 2.33. The van der Waals surface area contributed by atoms with E-state index in [1.165, 1.54) is 17.5 Å². The molecular weight excluding hydrogens is 238 g/mol. The second-order valence-electron chi connectivity index (χ2n) is 4.52. The molecule has 0 aliphatic heterocycles. The van der Waals surface area contributed by atoms with Crippen molar-refractivity contribution >= 4 is 23.0 Å². The average molecular weight is 257 g/mol. The van der Waals surface area contributed by atoms with Crippen molar-refractivity contribution in [3.05, 3.63) is 35.7 Å². The standard InChI is InChI=1S/C14H19N5/c1-4-16-13-12(15)14(18-8-17-13)19-11-6-9(2)5-10(3)7-11/h5-8H,4,15H2,1-3H3,(H2,16,17,18,19). The van der Waals surface area contributed by atoms with E-state index in [1.807, 2.05) is 6.92 Å². The maximum absolute atomic E-state index is 6.04. The maximum atomic E-state index is 6.04. The Kier molecular flexibility index (Phi) is 3.85. The van der Waals surface area contributed by atoms with Crippen molar-refractivity contribution < 1.29 is 0 Å². The molecule has 0 fully saturated rings. The van der Waals surface area contributed by atoms with Crippen LogP contribution < -0.4 is 16.4 Å². The van der Waals surface area contributed by atoms with Crippen molar-refractivity contribution in [2.75, 3.05) is 22.9 Å². The molecule has 19 heavy (non-hydrogen) atoms. The Balaban J connectivity index is 2.30. The molecular formula is C14H19N5. The largest absolute Gasteiger partial charge is 0.393 e. The van der Waals surface area contributed by atoms with Gasteiger partial charge in [-0.25, -0.2) is 9.97 Å². The van der Waals surface area contributed by atoms with Crippen molar-refractivity contribution in [3.63, 3.8) is 0 Å². The molecule has 0 amide bonds. The van der Waals surface area contributed by atoms with Gasteiger partial charge in [0.05, 0.1) is 0 Å². The summed E-state index contributed by atoms with van der Waals surface area (Å²) in [5.74, 6) is 1.28. The molecule has 0 aliphatic carbocycles. The van der Waals surface area contributed by atoms with Gasteiger partial charge in [-0.3, -0.25) is 0 Å². The number of aromatic nitrogens is 2. The number of aryl methyl sites for hydroxylation is 2. The second-order valence-corrected chi connectivity index (χ2v) is 4.52. The van der Waals surface area contributed by atoms with Crippen molar-refractivity contribution in [1.29, 1.82) is 0 Å². The fourth-order valence-electron chi connectivity index (χ4n) is 1.99. The molecule has 5 heteroatoms. The lowest BCUT2D eigenvalue weighted by Crippen LogP contribution is -2.07. The SMILES string of the molecule is CCNc1ncnc(Nc2cc(C)cc(C)c2)c1N. The number of nitrogens with two attached hydrogens (primary N) is 1. The molecule has 0 unspecified atom stereocenters. The maximum Gasteiger partial charge on any atom is 0.159 e. The second kappa shape index (κ2) is 5.56. The molecule has 0 saturated carbocycles. The van der Waals surface area contributed by atoms with Crippen molar-refractivity contribution in [1.82, 2.24) is 9.97 Å². The number of benzene rings is 1. The highest BCUT2D eigenvalue weighted by Gasteiger charge is 2.07. The van der Waals surface area contributed by atoms with Gasteiger partial charge in [-0.1, -0.05) is 6.07 Å². The minimum absolute atomic E-state index is 0.531. The summed E-state index contributed by atoms with van der Waals surface area (Å²) in [5.41, 5.74) is 9.94. The predicted molar refractivity (Wildman–Crippen MR) is 79.8 cm³/mol. The fourth-order valence-corrected chi connectivity index (χ4v) is 1.99. The van der Waals surface area contributed by atoms with E-state index in [0.717, 1.165) is 12.2 Å². The van der Waals surface area contributed by atoms with Gasteiger partial charge in [-0.15, -0.1) is 0 Å². The molecule has 5 nitrogen and oxygen atoms in total. The number of rotatable bonds is 4. The molecule has 0 saturated heterocycles. The van der Waals surface area contributed by atoms with Gasteiger partial charge in [0.2, 0.25) is 0 Å². The van der Waals surface area contributed by atoms with E-state index in [2.05, 4.69) is 52.6 Å². The van der Waals surface area contributed by atoms with Gasteiger partial charge in [-0.05, 0) is 44.0 Å². The van der Waals surface area contributed by atoms with Gasteiger partial charge in [0.1, 0.15) is 12.0 Å². The number of hydrogen-bond donors (Lipinski definition) is 3. The van der Waals surface area contributed by atoms with Crippen LogP contribution in [0.4, 0.5) is 23.0 Å². The van der Waals surface area contributed by atoms with Crippen LogP contribution in [0.3, 0.4) is 0 Å². The number of nitrogen functional groups attached to an aromatic ring is 1. The summed E-state index contributed by atoms with van der Waals surface area (Å²) in [6.07, 6.45) is 1.50. The summed E-state index contributed by atoms with van der Waals surface area (Å²) in [4.78, 5) is 8.31. The molecule has 0 atom stereocenters. The zero-order chi connectivity index (χ0) is 13.8. The van der Waals surface area contributed by atoms with Crippen molar-refractivity contribution in [2.45, 2.75) is 20.8 Å². The Morgan fingerprint density at radius 2 is 1.68 bits per heavy atom. The molecule has 1 aromatic carbocycles. The van der Waals surface area contributed by atoms with E-state index in [0.29, 0.717) is 17.3 Å². The van der Waals surface area contributed by atoms with Crippen LogP contribution in [-0.2, 0) is 0 Å². The summed E-state index contributed by atoms with van der Waals surface area (Å²) in [7, 11) is 0. The number of hydrogen-bond acceptors (Lipinski definition) is 5. The van der Waals surface area contributed by atoms with Crippen LogP contribution in [0, 0.1) is 13.8 Å². The topological polar surface area (TPSA) is 75.9 Å². The van der Waals surface area contributed by atoms with Crippen LogP contribution in [0.25, 0.3) is 0 Å². The third kappa shape index (κ3) is 3.13. The smallest absolute Gasteiger partial charge is 0.159 e. The minimum atomic E-state index is 0.531. The quantitative estimate of drug-likeness (QED) is 0.785. The summed E-state index contributed by atoms with van der Waals surface area (Å²) in [6.45, 7) is 6.89. The molecule has 0 aliphatic rings. The third-order valence-corrected chi connectivity index (χ3v) is 2.71.